The lowest BCUT2D eigenvalue weighted by Crippen LogP contribution is -2.52. The summed E-state index contributed by atoms with van der Waals surface area (Å²) in [7, 11) is 5.24. The summed E-state index contributed by atoms with van der Waals surface area (Å²) < 4.78 is 10.5. The van der Waals surface area contributed by atoms with E-state index in [1.165, 1.54) is 0 Å². The summed E-state index contributed by atoms with van der Waals surface area (Å²) in [5, 5.41) is 0. The highest BCUT2D eigenvalue weighted by atomic mass is 16.5. The molecule has 1 aromatic carbocycles. The van der Waals surface area contributed by atoms with E-state index >= 15 is 0 Å². The van der Waals surface area contributed by atoms with Crippen molar-refractivity contribution in [1.82, 2.24) is 9.80 Å². The molecule has 0 aromatic heterocycles. The lowest BCUT2D eigenvalue weighted by molar-refractivity contribution is 0.0530. The maximum Gasteiger partial charge on any atom is 0.258 e. The molecule has 0 saturated carbocycles. The van der Waals surface area contributed by atoms with Crippen molar-refractivity contribution in [2.75, 3.05) is 40.9 Å². The zero-order chi connectivity index (χ0) is 14.7. The average molecular weight is 278 g/mol. The Balaban J connectivity index is 2.28. The molecule has 2 rings (SSSR count). The summed E-state index contributed by atoms with van der Waals surface area (Å²) in [6.07, 6.45) is 0. The van der Waals surface area contributed by atoms with Gasteiger partial charge in [-0.1, -0.05) is 0 Å². The van der Waals surface area contributed by atoms with Crippen LogP contribution < -0.4 is 9.47 Å². The van der Waals surface area contributed by atoms with Crippen molar-refractivity contribution in [3.8, 4) is 11.5 Å². The van der Waals surface area contributed by atoms with Gasteiger partial charge in [-0.25, -0.2) is 0 Å². The third-order valence-electron chi connectivity index (χ3n) is 3.73. The van der Waals surface area contributed by atoms with Crippen LogP contribution in [0.25, 0.3) is 0 Å². The number of ether oxygens (including phenoxy) is 2. The molecule has 1 aliphatic heterocycles. The van der Waals surface area contributed by atoms with Crippen molar-refractivity contribution in [2.45, 2.75) is 13.0 Å². The second kappa shape index (κ2) is 6.13. The van der Waals surface area contributed by atoms with Crippen LogP contribution in [0.5, 0.6) is 11.5 Å². The molecule has 0 aliphatic carbocycles. The number of rotatable bonds is 3. The van der Waals surface area contributed by atoms with Crippen LogP contribution in [0.15, 0.2) is 18.2 Å². The monoisotopic (exact) mass is 278 g/mol. The molecule has 1 atom stereocenters. The highest BCUT2D eigenvalue weighted by Crippen LogP contribution is 2.26. The fraction of sp³-hybridized carbons (Fsp3) is 0.533. The Labute approximate surface area is 120 Å². The van der Waals surface area contributed by atoms with E-state index in [1.54, 1.807) is 32.4 Å². The number of benzene rings is 1. The third-order valence-corrected chi connectivity index (χ3v) is 3.73. The van der Waals surface area contributed by atoms with Crippen molar-refractivity contribution >= 4 is 5.91 Å². The Morgan fingerprint density at radius 2 is 2.00 bits per heavy atom. The minimum absolute atomic E-state index is 0.00125. The van der Waals surface area contributed by atoms with Gasteiger partial charge in [0.2, 0.25) is 0 Å². The van der Waals surface area contributed by atoms with Crippen LogP contribution in [-0.4, -0.2) is 62.7 Å². The van der Waals surface area contributed by atoms with Crippen LogP contribution in [0.3, 0.4) is 0 Å². The predicted molar refractivity (Wildman–Crippen MR) is 77.5 cm³/mol. The van der Waals surface area contributed by atoms with E-state index in [-0.39, 0.29) is 11.9 Å². The average Bonchev–Trinajstić information content (AvgIpc) is 2.46. The Hall–Kier alpha value is -1.75. The number of nitrogens with zero attached hydrogens (tertiary/aromatic N) is 2. The van der Waals surface area contributed by atoms with Gasteiger partial charge in [0.25, 0.3) is 5.91 Å². The molecule has 1 heterocycles. The molecule has 0 unspecified atom stereocenters. The van der Waals surface area contributed by atoms with Gasteiger partial charge in [0.05, 0.1) is 19.8 Å². The first kappa shape index (κ1) is 14.7. The molecule has 5 heteroatoms. The van der Waals surface area contributed by atoms with Crippen LogP contribution in [0.4, 0.5) is 0 Å². The number of hydrogen-bond acceptors (Lipinski definition) is 4. The molecule has 0 spiro atoms. The molecule has 5 nitrogen and oxygen atoms in total. The van der Waals surface area contributed by atoms with Crippen molar-refractivity contribution in [3.63, 3.8) is 0 Å². The predicted octanol–water partition coefficient (Wildman–Crippen LogP) is 1.48. The fourth-order valence-corrected chi connectivity index (χ4v) is 2.58. The summed E-state index contributed by atoms with van der Waals surface area (Å²) in [5.41, 5.74) is 0.559. The molecule has 0 N–H and O–H groups in total. The van der Waals surface area contributed by atoms with Gasteiger partial charge in [-0.05, 0) is 32.2 Å². The Bertz CT molecular complexity index is 490. The van der Waals surface area contributed by atoms with Crippen molar-refractivity contribution in [1.29, 1.82) is 0 Å². The number of amides is 1. The van der Waals surface area contributed by atoms with E-state index in [0.717, 1.165) is 19.6 Å². The molecule has 1 fully saturated rings. The number of piperazine rings is 1. The van der Waals surface area contributed by atoms with Crippen LogP contribution in [0.2, 0.25) is 0 Å². The Morgan fingerprint density at radius 3 is 2.60 bits per heavy atom. The highest BCUT2D eigenvalue weighted by Gasteiger charge is 2.28. The number of carbonyl (C=O) groups excluding carboxylic acids is 1. The molecule has 20 heavy (non-hydrogen) atoms. The Morgan fingerprint density at radius 1 is 1.25 bits per heavy atom. The minimum atomic E-state index is 0.00125. The summed E-state index contributed by atoms with van der Waals surface area (Å²) in [4.78, 5) is 16.9. The van der Waals surface area contributed by atoms with Crippen molar-refractivity contribution in [3.05, 3.63) is 23.8 Å². The van der Waals surface area contributed by atoms with Crippen LogP contribution in [0, 0.1) is 0 Å². The van der Waals surface area contributed by atoms with E-state index in [0.29, 0.717) is 17.1 Å². The topological polar surface area (TPSA) is 42.0 Å². The molecular weight excluding hydrogens is 256 g/mol. The largest absolute Gasteiger partial charge is 0.497 e. The number of hydrogen-bond donors (Lipinski definition) is 0. The van der Waals surface area contributed by atoms with Gasteiger partial charge < -0.3 is 19.3 Å². The van der Waals surface area contributed by atoms with Crippen molar-refractivity contribution in [2.24, 2.45) is 0 Å². The zero-order valence-electron chi connectivity index (χ0n) is 12.5. The van der Waals surface area contributed by atoms with E-state index in [4.69, 9.17) is 9.47 Å². The third kappa shape index (κ3) is 2.88. The van der Waals surface area contributed by atoms with Crippen LogP contribution in [-0.2, 0) is 0 Å². The molecule has 0 radical (unpaired) electrons. The number of carbonyl (C=O) groups is 1. The summed E-state index contributed by atoms with van der Waals surface area (Å²) in [5.74, 6) is 1.25. The van der Waals surface area contributed by atoms with Gasteiger partial charge in [-0.2, -0.15) is 0 Å². The van der Waals surface area contributed by atoms with E-state index in [2.05, 4.69) is 18.9 Å². The lowest BCUT2D eigenvalue weighted by atomic mass is 10.1. The van der Waals surface area contributed by atoms with Crippen LogP contribution in [0.1, 0.15) is 17.3 Å². The first-order chi connectivity index (χ1) is 9.56. The van der Waals surface area contributed by atoms with Gasteiger partial charge in [-0.15, -0.1) is 0 Å². The van der Waals surface area contributed by atoms with Crippen LogP contribution >= 0.6 is 0 Å². The molecule has 0 bridgehead atoms. The molecular formula is C15H22N2O3. The summed E-state index contributed by atoms with van der Waals surface area (Å²) in [6.45, 7) is 4.58. The van der Waals surface area contributed by atoms with Gasteiger partial charge in [0.15, 0.2) is 0 Å². The SMILES string of the molecule is COc1ccc(OC)c(C(=O)N2CCN(C)C[C@H]2C)c1. The number of likely N-dealkylation sites (N-methyl/N-ethyl adjacent to an activating group) is 1. The van der Waals surface area contributed by atoms with Gasteiger partial charge >= 0.3 is 0 Å². The molecule has 1 aromatic rings. The first-order valence-electron chi connectivity index (χ1n) is 6.78. The molecule has 1 saturated heterocycles. The molecule has 1 amide bonds. The summed E-state index contributed by atoms with van der Waals surface area (Å²) >= 11 is 0. The van der Waals surface area contributed by atoms with E-state index in [9.17, 15) is 4.79 Å². The van der Waals surface area contributed by atoms with Gasteiger partial charge in [0, 0.05) is 25.7 Å². The lowest BCUT2D eigenvalue weighted by Gasteiger charge is -2.38. The smallest absolute Gasteiger partial charge is 0.258 e. The van der Waals surface area contributed by atoms with Gasteiger partial charge in [-0.3, -0.25) is 4.79 Å². The zero-order valence-corrected chi connectivity index (χ0v) is 12.5. The standard InChI is InChI=1S/C15H22N2O3/c1-11-10-16(2)7-8-17(11)15(18)13-9-12(19-3)5-6-14(13)20-4/h5-6,9,11H,7-8,10H2,1-4H3/t11-/m1/s1. The first-order valence-corrected chi connectivity index (χ1v) is 6.78. The molecule has 110 valence electrons. The normalized spacial score (nSPS) is 19.8. The minimum Gasteiger partial charge on any atom is -0.497 e. The quantitative estimate of drug-likeness (QED) is 0.840. The maximum absolute atomic E-state index is 12.7. The highest BCUT2D eigenvalue weighted by molar-refractivity contribution is 5.97. The Kier molecular flexibility index (Phi) is 4.49. The molecule has 1 aliphatic rings. The second-order valence-electron chi connectivity index (χ2n) is 5.18. The maximum atomic E-state index is 12.7. The van der Waals surface area contributed by atoms with E-state index < -0.39 is 0 Å². The fourth-order valence-electron chi connectivity index (χ4n) is 2.58. The van der Waals surface area contributed by atoms with Crippen molar-refractivity contribution < 1.29 is 14.3 Å². The number of methoxy groups -OCH3 is 2. The van der Waals surface area contributed by atoms with E-state index in [1.807, 2.05) is 4.90 Å². The van der Waals surface area contributed by atoms with Gasteiger partial charge in [0.1, 0.15) is 11.5 Å². The summed E-state index contributed by atoms with van der Waals surface area (Å²) in [6, 6.07) is 5.50. The second-order valence-corrected chi connectivity index (χ2v) is 5.18.